The van der Waals surface area contributed by atoms with E-state index < -0.39 is 0 Å². The van der Waals surface area contributed by atoms with Gasteiger partial charge in [-0.2, -0.15) is 4.40 Å². The Hall–Kier alpha value is -1.89. The molecule has 1 aromatic carbocycles. The molecule has 1 nitrogen and oxygen atoms in total. The molecule has 2 heterocycles. The van der Waals surface area contributed by atoms with Gasteiger partial charge in [0.15, 0.2) is 12.4 Å². The maximum absolute atomic E-state index is 2.22. The Labute approximate surface area is 88.6 Å². The summed E-state index contributed by atoms with van der Waals surface area (Å²) >= 11 is 0. The molecule has 0 aliphatic heterocycles. The molecule has 1 heteroatoms. The Morgan fingerprint density at radius 3 is 2.80 bits per heavy atom. The van der Waals surface area contributed by atoms with Gasteiger partial charge in [-0.3, -0.25) is 0 Å². The molecule has 2 aromatic heterocycles. The number of nitrogens with zero attached hydrogens (tertiary/aromatic N) is 1. The zero-order valence-electron chi connectivity index (χ0n) is 8.64. The van der Waals surface area contributed by atoms with Crippen molar-refractivity contribution in [3.8, 4) is 0 Å². The highest BCUT2D eigenvalue weighted by atomic mass is 14.8. The first kappa shape index (κ1) is 8.42. The van der Waals surface area contributed by atoms with Crippen LogP contribution in [0.2, 0.25) is 0 Å². The third-order valence-electron chi connectivity index (χ3n) is 2.79. The second-order valence-electron chi connectivity index (χ2n) is 3.90. The summed E-state index contributed by atoms with van der Waals surface area (Å²) in [6.45, 7) is 2.13. The maximum Gasteiger partial charge on any atom is 0.218 e. The van der Waals surface area contributed by atoms with Crippen LogP contribution in [0.4, 0.5) is 0 Å². The van der Waals surface area contributed by atoms with Crippen LogP contribution in [0.5, 0.6) is 0 Å². The summed E-state index contributed by atoms with van der Waals surface area (Å²) in [4.78, 5) is 0. The molecule has 0 atom stereocenters. The number of rotatable bonds is 0. The Kier molecular flexibility index (Phi) is 1.72. The fraction of sp³-hybridized carbons (Fsp3) is 0.0714. The van der Waals surface area contributed by atoms with Crippen molar-refractivity contribution in [2.24, 2.45) is 0 Å². The molecule has 0 saturated carbocycles. The third-order valence-corrected chi connectivity index (χ3v) is 2.79. The van der Waals surface area contributed by atoms with E-state index in [4.69, 9.17) is 0 Å². The maximum atomic E-state index is 2.22. The molecule has 72 valence electrons. The molecule has 0 N–H and O–H groups in total. The molecular weight excluding hydrogens is 182 g/mol. The summed E-state index contributed by atoms with van der Waals surface area (Å²) in [6, 6.07) is 15.0. The first-order valence-corrected chi connectivity index (χ1v) is 5.14. The second-order valence-corrected chi connectivity index (χ2v) is 3.90. The standard InChI is InChI=1S/C14H12N/c1-11-5-6-13-12(10-11)7-9-15-8-3-2-4-14(13)15/h2-10H,1H3/q+1. The van der Waals surface area contributed by atoms with Gasteiger partial charge in [0.05, 0.1) is 5.39 Å². The van der Waals surface area contributed by atoms with Gasteiger partial charge in [-0.15, -0.1) is 0 Å². The molecule has 0 fully saturated rings. The zero-order valence-corrected chi connectivity index (χ0v) is 8.64. The summed E-state index contributed by atoms with van der Waals surface area (Å²) in [5.74, 6) is 0. The molecule has 0 unspecified atom stereocenters. The fourth-order valence-corrected chi connectivity index (χ4v) is 2.03. The minimum absolute atomic E-state index is 1.26. The lowest BCUT2D eigenvalue weighted by molar-refractivity contribution is -0.510. The molecule has 0 spiro atoms. The summed E-state index contributed by atoms with van der Waals surface area (Å²) in [7, 11) is 0. The van der Waals surface area contributed by atoms with Crippen molar-refractivity contribution in [3.05, 3.63) is 60.4 Å². The van der Waals surface area contributed by atoms with Crippen LogP contribution in [-0.2, 0) is 0 Å². The third kappa shape index (κ3) is 1.28. The highest BCUT2D eigenvalue weighted by molar-refractivity contribution is 5.93. The normalized spacial score (nSPS) is 11.0. The highest BCUT2D eigenvalue weighted by Gasteiger charge is 2.05. The minimum Gasteiger partial charge on any atom is -0.167 e. The number of fused-ring (bicyclic) bond motifs is 3. The average Bonchev–Trinajstić information content (AvgIpc) is 2.28. The van der Waals surface area contributed by atoms with E-state index in [1.54, 1.807) is 0 Å². The van der Waals surface area contributed by atoms with Crippen LogP contribution in [-0.4, -0.2) is 0 Å². The molecule has 0 amide bonds. The number of pyridine rings is 2. The molecule has 3 aromatic rings. The first-order valence-electron chi connectivity index (χ1n) is 5.14. The molecule has 0 bridgehead atoms. The van der Waals surface area contributed by atoms with Gasteiger partial charge in [0.2, 0.25) is 5.52 Å². The summed E-state index contributed by atoms with van der Waals surface area (Å²) in [6.07, 6.45) is 4.19. The molecule has 0 aliphatic rings. The topological polar surface area (TPSA) is 4.10 Å². The molecule has 0 saturated heterocycles. The second kappa shape index (κ2) is 3.06. The van der Waals surface area contributed by atoms with Crippen molar-refractivity contribution in [1.82, 2.24) is 0 Å². The summed E-state index contributed by atoms with van der Waals surface area (Å²) in [5, 5.41) is 2.62. The van der Waals surface area contributed by atoms with Crippen molar-refractivity contribution < 1.29 is 4.40 Å². The number of hydrogen-bond acceptors (Lipinski definition) is 0. The van der Waals surface area contributed by atoms with Gasteiger partial charge >= 0.3 is 0 Å². The Morgan fingerprint density at radius 1 is 0.933 bits per heavy atom. The van der Waals surface area contributed by atoms with E-state index in [-0.39, 0.29) is 0 Å². The van der Waals surface area contributed by atoms with Gasteiger partial charge in [-0.05, 0) is 24.4 Å². The van der Waals surface area contributed by atoms with E-state index in [9.17, 15) is 0 Å². The van der Waals surface area contributed by atoms with Crippen molar-refractivity contribution in [3.63, 3.8) is 0 Å². The number of benzene rings is 1. The molecule has 15 heavy (non-hydrogen) atoms. The lowest BCUT2D eigenvalue weighted by Gasteiger charge is -1.99. The van der Waals surface area contributed by atoms with Crippen LogP contribution in [0.15, 0.2) is 54.9 Å². The van der Waals surface area contributed by atoms with Gasteiger partial charge in [-0.25, -0.2) is 0 Å². The van der Waals surface area contributed by atoms with E-state index in [0.29, 0.717) is 0 Å². The van der Waals surface area contributed by atoms with Crippen LogP contribution in [0, 0.1) is 6.92 Å². The van der Waals surface area contributed by atoms with Crippen LogP contribution in [0.1, 0.15) is 5.56 Å². The van der Waals surface area contributed by atoms with Crippen LogP contribution >= 0.6 is 0 Å². The quantitative estimate of drug-likeness (QED) is 0.383. The monoisotopic (exact) mass is 194 g/mol. The molecular formula is C14H12N+. The predicted octanol–water partition coefficient (Wildman–Crippen LogP) is 2.89. The lowest BCUT2D eigenvalue weighted by Crippen LogP contribution is -2.19. The number of aromatic nitrogens is 1. The predicted molar refractivity (Wildman–Crippen MR) is 61.8 cm³/mol. The van der Waals surface area contributed by atoms with Gasteiger partial charge in [-0.1, -0.05) is 17.7 Å². The summed E-state index contributed by atoms with van der Waals surface area (Å²) in [5.41, 5.74) is 2.57. The lowest BCUT2D eigenvalue weighted by atomic mass is 10.1. The first-order chi connectivity index (χ1) is 7.34. The van der Waals surface area contributed by atoms with Crippen molar-refractivity contribution >= 4 is 16.3 Å². The Morgan fingerprint density at radius 2 is 1.87 bits per heavy atom. The molecule has 3 rings (SSSR count). The van der Waals surface area contributed by atoms with Crippen molar-refractivity contribution in [2.75, 3.05) is 0 Å². The molecule has 0 aliphatic carbocycles. The van der Waals surface area contributed by atoms with Crippen molar-refractivity contribution in [2.45, 2.75) is 6.92 Å². The highest BCUT2D eigenvalue weighted by Crippen LogP contribution is 2.17. The fourth-order valence-electron chi connectivity index (χ4n) is 2.03. The Balaban J connectivity index is 2.55. The number of hydrogen-bond donors (Lipinski definition) is 0. The summed E-state index contributed by atoms with van der Waals surface area (Å²) < 4.78 is 2.15. The van der Waals surface area contributed by atoms with Gasteiger partial charge in [0.25, 0.3) is 0 Å². The molecule has 0 radical (unpaired) electrons. The van der Waals surface area contributed by atoms with Gasteiger partial charge in [0, 0.05) is 18.2 Å². The van der Waals surface area contributed by atoms with E-state index in [2.05, 4.69) is 60.1 Å². The minimum atomic E-state index is 1.26. The SMILES string of the molecule is Cc1ccc2c(cc[n+]3ccccc23)c1. The van der Waals surface area contributed by atoms with Crippen molar-refractivity contribution in [1.29, 1.82) is 0 Å². The largest absolute Gasteiger partial charge is 0.218 e. The van der Waals surface area contributed by atoms with Crippen LogP contribution in [0.3, 0.4) is 0 Å². The van der Waals surface area contributed by atoms with E-state index in [1.165, 1.54) is 21.9 Å². The van der Waals surface area contributed by atoms with E-state index in [0.717, 1.165) is 0 Å². The van der Waals surface area contributed by atoms with E-state index >= 15 is 0 Å². The Bertz CT molecular complexity index is 641. The van der Waals surface area contributed by atoms with Gasteiger partial charge < -0.3 is 0 Å². The smallest absolute Gasteiger partial charge is 0.167 e. The van der Waals surface area contributed by atoms with Crippen LogP contribution < -0.4 is 4.40 Å². The van der Waals surface area contributed by atoms with Gasteiger partial charge in [0.1, 0.15) is 0 Å². The number of aryl methyl sites for hydroxylation is 1. The average molecular weight is 194 g/mol. The zero-order chi connectivity index (χ0) is 10.3. The van der Waals surface area contributed by atoms with E-state index in [1.807, 2.05) is 6.07 Å². The van der Waals surface area contributed by atoms with Crippen LogP contribution in [0.25, 0.3) is 16.3 Å².